The van der Waals surface area contributed by atoms with Crippen molar-refractivity contribution in [1.29, 1.82) is 0 Å². The molecule has 30 heavy (non-hydrogen) atoms. The third kappa shape index (κ3) is 3.54. The molecule has 8 heteroatoms. The van der Waals surface area contributed by atoms with Crippen LogP contribution in [0.1, 0.15) is 5.56 Å². The lowest BCUT2D eigenvalue weighted by molar-refractivity contribution is 0.122. The van der Waals surface area contributed by atoms with Crippen LogP contribution in [-0.4, -0.2) is 45.1 Å². The van der Waals surface area contributed by atoms with E-state index in [0.717, 1.165) is 5.56 Å². The molecule has 1 fully saturated rings. The second-order valence-electron chi connectivity index (χ2n) is 7.10. The van der Waals surface area contributed by atoms with Gasteiger partial charge in [-0.1, -0.05) is 12.1 Å². The van der Waals surface area contributed by atoms with Crippen molar-refractivity contribution in [2.45, 2.75) is 6.54 Å². The summed E-state index contributed by atoms with van der Waals surface area (Å²) in [6.07, 6.45) is 0. The third-order valence-electron chi connectivity index (χ3n) is 5.37. The van der Waals surface area contributed by atoms with Crippen LogP contribution in [0.25, 0.3) is 10.9 Å². The van der Waals surface area contributed by atoms with Crippen LogP contribution < -0.4 is 25.7 Å². The minimum absolute atomic E-state index is 0.210. The Morgan fingerprint density at radius 3 is 2.33 bits per heavy atom. The van der Waals surface area contributed by atoms with Gasteiger partial charge in [0.05, 0.1) is 45.2 Å². The lowest BCUT2D eigenvalue weighted by atomic mass is 10.1. The number of hydrogen-bond acceptors (Lipinski definition) is 6. The van der Waals surface area contributed by atoms with Crippen molar-refractivity contribution < 1.29 is 18.6 Å². The van der Waals surface area contributed by atoms with E-state index in [0.29, 0.717) is 60.1 Å². The predicted molar refractivity (Wildman–Crippen MR) is 114 cm³/mol. The number of halogens is 1. The molecule has 0 unspecified atom stereocenters. The molecule has 7 nitrogen and oxygen atoms in total. The molecule has 4 rings (SSSR count). The fourth-order valence-electron chi connectivity index (χ4n) is 3.81. The quantitative estimate of drug-likeness (QED) is 0.693. The Labute approximate surface area is 173 Å². The molecule has 2 heterocycles. The van der Waals surface area contributed by atoms with Gasteiger partial charge in [0.1, 0.15) is 11.5 Å². The van der Waals surface area contributed by atoms with Crippen LogP contribution in [0.5, 0.6) is 11.5 Å². The molecule has 0 amide bonds. The minimum Gasteiger partial charge on any atom is -0.493 e. The SMILES string of the molecule is COc1cc2c(N)c(N3CCOCC3)c(=O)n(Cc3ccc(F)cc3)c2cc1OC. The average Bonchev–Trinajstić information content (AvgIpc) is 2.78. The molecule has 1 aliphatic heterocycles. The second kappa shape index (κ2) is 8.23. The van der Waals surface area contributed by atoms with E-state index in [1.165, 1.54) is 19.2 Å². The number of nitrogen functional groups attached to an aromatic ring is 1. The van der Waals surface area contributed by atoms with Crippen molar-refractivity contribution in [1.82, 2.24) is 4.57 Å². The van der Waals surface area contributed by atoms with Crippen LogP contribution in [0.3, 0.4) is 0 Å². The van der Waals surface area contributed by atoms with Crippen LogP contribution >= 0.6 is 0 Å². The van der Waals surface area contributed by atoms with E-state index in [1.807, 2.05) is 4.90 Å². The summed E-state index contributed by atoms with van der Waals surface area (Å²) in [6, 6.07) is 9.63. The van der Waals surface area contributed by atoms with Crippen molar-refractivity contribution in [3.05, 3.63) is 58.1 Å². The van der Waals surface area contributed by atoms with Gasteiger partial charge in [-0.05, 0) is 23.8 Å². The highest BCUT2D eigenvalue weighted by Gasteiger charge is 2.23. The van der Waals surface area contributed by atoms with Gasteiger partial charge in [-0.15, -0.1) is 0 Å². The molecule has 2 aromatic carbocycles. The zero-order chi connectivity index (χ0) is 21.3. The number of methoxy groups -OCH3 is 2. The number of anilines is 2. The first-order valence-corrected chi connectivity index (χ1v) is 9.68. The molecule has 1 aromatic heterocycles. The van der Waals surface area contributed by atoms with E-state index in [4.69, 9.17) is 19.9 Å². The fourth-order valence-corrected chi connectivity index (χ4v) is 3.81. The number of ether oxygens (including phenoxy) is 3. The minimum atomic E-state index is -0.325. The van der Waals surface area contributed by atoms with Crippen molar-refractivity contribution in [2.24, 2.45) is 0 Å². The standard InChI is InChI=1S/C22H24FN3O4/c1-28-18-11-16-17(12-19(18)29-2)26(13-14-3-5-15(23)6-4-14)22(27)21(20(16)24)25-7-9-30-10-8-25/h3-6,11-12H,7-10,13,24H2,1-2H3. The Kier molecular flexibility index (Phi) is 5.50. The average molecular weight is 413 g/mol. The normalized spacial score (nSPS) is 14.2. The summed E-state index contributed by atoms with van der Waals surface area (Å²) < 4.78 is 31.3. The number of morpholine rings is 1. The van der Waals surface area contributed by atoms with Gasteiger partial charge in [0.25, 0.3) is 5.56 Å². The number of rotatable bonds is 5. The van der Waals surface area contributed by atoms with E-state index >= 15 is 0 Å². The number of nitrogens with zero attached hydrogens (tertiary/aromatic N) is 2. The molecular weight excluding hydrogens is 389 g/mol. The predicted octanol–water partition coefficient (Wildman–Crippen LogP) is 2.62. The van der Waals surface area contributed by atoms with Crippen molar-refractivity contribution >= 4 is 22.3 Å². The summed E-state index contributed by atoms with van der Waals surface area (Å²) in [4.78, 5) is 15.5. The molecule has 0 saturated carbocycles. The number of nitrogens with two attached hydrogens (primary N) is 1. The number of fused-ring (bicyclic) bond motifs is 1. The van der Waals surface area contributed by atoms with Crippen molar-refractivity contribution in [3.8, 4) is 11.5 Å². The fraction of sp³-hybridized carbons (Fsp3) is 0.318. The van der Waals surface area contributed by atoms with Crippen LogP contribution in [0.15, 0.2) is 41.2 Å². The summed E-state index contributed by atoms with van der Waals surface area (Å²) in [5, 5.41) is 0.691. The van der Waals surface area contributed by atoms with E-state index in [1.54, 1.807) is 35.9 Å². The Morgan fingerprint density at radius 2 is 1.70 bits per heavy atom. The summed E-state index contributed by atoms with van der Waals surface area (Å²) in [6.45, 7) is 2.48. The maximum Gasteiger partial charge on any atom is 0.277 e. The molecule has 1 aliphatic rings. The van der Waals surface area contributed by atoms with Gasteiger partial charge in [-0.3, -0.25) is 4.79 Å². The summed E-state index contributed by atoms with van der Waals surface area (Å²) in [5.41, 5.74) is 8.56. The highest BCUT2D eigenvalue weighted by Crippen LogP contribution is 2.37. The molecule has 0 atom stereocenters. The molecule has 2 N–H and O–H groups in total. The first-order chi connectivity index (χ1) is 14.5. The molecule has 0 aliphatic carbocycles. The maximum absolute atomic E-state index is 13.6. The molecule has 0 bridgehead atoms. The molecular formula is C22H24FN3O4. The molecule has 158 valence electrons. The number of aromatic nitrogens is 1. The van der Waals surface area contributed by atoms with Crippen molar-refractivity contribution in [2.75, 3.05) is 51.2 Å². The Bertz CT molecular complexity index is 1120. The Balaban J connectivity index is 1.97. The van der Waals surface area contributed by atoms with Crippen LogP contribution in [0.4, 0.5) is 15.8 Å². The zero-order valence-corrected chi connectivity index (χ0v) is 17.0. The van der Waals surface area contributed by atoms with Gasteiger partial charge < -0.3 is 29.4 Å². The largest absolute Gasteiger partial charge is 0.493 e. The smallest absolute Gasteiger partial charge is 0.277 e. The van der Waals surface area contributed by atoms with E-state index in [2.05, 4.69) is 0 Å². The highest BCUT2D eigenvalue weighted by atomic mass is 19.1. The van der Waals surface area contributed by atoms with Gasteiger partial charge in [0, 0.05) is 24.5 Å². The van der Waals surface area contributed by atoms with Gasteiger partial charge in [0.15, 0.2) is 11.5 Å². The second-order valence-corrected chi connectivity index (χ2v) is 7.10. The number of benzene rings is 2. The first kappa shape index (κ1) is 20.0. The summed E-state index contributed by atoms with van der Waals surface area (Å²) in [7, 11) is 3.09. The van der Waals surface area contributed by atoms with Crippen LogP contribution in [-0.2, 0) is 11.3 Å². The highest BCUT2D eigenvalue weighted by molar-refractivity contribution is 5.98. The summed E-state index contributed by atoms with van der Waals surface area (Å²) >= 11 is 0. The van der Waals surface area contributed by atoms with Gasteiger partial charge in [0.2, 0.25) is 0 Å². The summed E-state index contributed by atoms with van der Waals surface area (Å²) in [5.74, 6) is 0.695. The van der Waals surface area contributed by atoms with E-state index in [-0.39, 0.29) is 17.9 Å². The third-order valence-corrected chi connectivity index (χ3v) is 5.37. The molecule has 0 radical (unpaired) electrons. The van der Waals surface area contributed by atoms with Crippen LogP contribution in [0, 0.1) is 5.82 Å². The zero-order valence-electron chi connectivity index (χ0n) is 17.0. The molecule has 1 saturated heterocycles. The maximum atomic E-state index is 13.6. The lowest BCUT2D eigenvalue weighted by Crippen LogP contribution is -2.41. The van der Waals surface area contributed by atoms with E-state index < -0.39 is 0 Å². The van der Waals surface area contributed by atoms with Gasteiger partial charge >= 0.3 is 0 Å². The Hall–Kier alpha value is -3.26. The lowest BCUT2D eigenvalue weighted by Gasteiger charge is -2.30. The van der Waals surface area contributed by atoms with Gasteiger partial charge in [-0.2, -0.15) is 0 Å². The Morgan fingerprint density at radius 1 is 1.07 bits per heavy atom. The molecule has 3 aromatic rings. The van der Waals surface area contributed by atoms with Gasteiger partial charge in [-0.25, -0.2) is 4.39 Å². The molecule has 0 spiro atoms. The van der Waals surface area contributed by atoms with Crippen molar-refractivity contribution in [3.63, 3.8) is 0 Å². The van der Waals surface area contributed by atoms with Crippen LogP contribution in [0.2, 0.25) is 0 Å². The van der Waals surface area contributed by atoms with E-state index in [9.17, 15) is 9.18 Å². The number of hydrogen-bond donors (Lipinski definition) is 1. The number of pyridine rings is 1. The monoisotopic (exact) mass is 413 g/mol. The topological polar surface area (TPSA) is 79.0 Å². The first-order valence-electron chi connectivity index (χ1n) is 9.68.